The van der Waals surface area contributed by atoms with E-state index in [4.69, 9.17) is 0 Å². The Kier molecular flexibility index (Phi) is 7.89. The molecule has 2 N–H and O–H groups in total. The number of hydrogen-bond acceptors (Lipinski definition) is 5. The lowest BCUT2D eigenvalue weighted by Crippen LogP contribution is -2.56. The highest BCUT2D eigenvalue weighted by Crippen LogP contribution is 2.34. The molecule has 1 aliphatic heterocycles. The monoisotopic (exact) mass is 543 g/mol. The molecule has 2 atom stereocenters. The van der Waals surface area contributed by atoms with E-state index >= 15 is 0 Å². The van der Waals surface area contributed by atoms with Gasteiger partial charge in [0.15, 0.2) is 9.84 Å². The third-order valence-electron chi connectivity index (χ3n) is 7.98. The number of carbonyl (C=O) groups excluding carboxylic acids is 2. The Labute approximate surface area is 225 Å². The molecule has 0 spiro atoms. The van der Waals surface area contributed by atoms with Crippen molar-refractivity contribution in [3.8, 4) is 0 Å². The molecule has 0 unspecified atom stereocenters. The molecule has 2 aliphatic rings. The van der Waals surface area contributed by atoms with Gasteiger partial charge in [-0.3, -0.25) is 9.59 Å². The van der Waals surface area contributed by atoms with Gasteiger partial charge in [-0.2, -0.15) is 0 Å². The maximum atomic E-state index is 14.8. The van der Waals surface area contributed by atoms with Crippen molar-refractivity contribution in [1.29, 1.82) is 0 Å². The van der Waals surface area contributed by atoms with E-state index in [2.05, 4.69) is 24.5 Å². The van der Waals surface area contributed by atoms with Gasteiger partial charge in [0, 0.05) is 30.6 Å². The largest absolute Gasteiger partial charge is 0.380 e. The minimum Gasteiger partial charge on any atom is -0.380 e. The molecule has 2 aromatic carbocycles. The number of aryl methyl sites for hydroxylation is 1. The fourth-order valence-corrected chi connectivity index (χ4v) is 6.05. The summed E-state index contributed by atoms with van der Waals surface area (Å²) in [6.07, 6.45) is 4.31. The molecule has 0 radical (unpaired) electrons. The van der Waals surface area contributed by atoms with Gasteiger partial charge < -0.3 is 15.5 Å². The highest BCUT2D eigenvalue weighted by Gasteiger charge is 2.36. The zero-order valence-electron chi connectivity index (χ0n) is 22.8. The molecule has 7 nitrogen and oxygen atoms in total. The Hall–Kier alpha value is -2.94. The van der Waals surface area contributed by atoms with E-state index < -0.39 is 27.6 Å². The Bertz CT molecular complexity index is 1320. The van der Waals surface area contributed by atoms with Crippen LogP contribution < -0.4 is 10.6 Å². The zero-order chi connectivity index (χ0) is 27.8. The first-order valence-corrected chi connectivity index (χ1v) is 15.2. The molecule has 2 aromatic rings. The van der Waals surface area contributed by atoms with Crippen molar-refractivity contribution in [2.24, 2.45) is 5.92 Å². The summed E-state index contributed by atoms with van der Waals surface area (Å²) in [7, 11) is -3.26. The summed E-state index contributed by atoms with van der Waals surface area (Å²) in [5.74, 6) is -1.15. The fourth-order valence-electron chi connectivity index (χ4n) is 5.42. The van der Waals surface area contributed by atoms with Crippen LogP contribution in [0, 0.1) is 11.7 Å². The van der Waals surface area contributed by atoms with E-state index in [1.807, 2.05) is 13.8 Å². The fraction of sp³-hybridized carbons (Fsp3) is 0.517. The van der Waals surface area contributed by atoms with E-state index in [9.17, 15) is 22.4 Å². The SMILES string of the molecule is CC(C)[C@@H](NC(=O)c1cc2c(cc1F)CC[C@H]2C)C(=O)N1CCC(C)(Nc2ccc(S(C)(=O)=O)cc2)CC1. The van der Waals surface area contributed by atoms with Gasteiger partial charge in [0.1, 0.15) is 11.9 Å². The van der Waals surface area contributed by atoms with Gasteiger partial charge in [0.2, 0.25) is 5.91 Å². The van der Waals surface area contributed by atoms with E-state index in [1.165, 1.54) is 12.3 Å². The highest BCUT2D eigenvalue weighted by atomic mass is 32.2. The number of fused-ring (bicyclic) bond motifs is 1. The molecule has 1 aliphatic carbocycles. The second-order valence-corrected chi connectivity index (χ2v) is 13.5. The summed E-state index contributed by atoms with van der Waals surface area (Å²) >= 11 is 0. The average Bonchev–Trinajstić information content (AvgIpc) is 3.20. The van der Waals surface area contributed by atoms with Crippen LogP contribution in [-0.4, -0.2) is 56.1 Å². The van der Waals surface area contributed by atoms with Crippen molar-refractivity contribution < 1.29 is 22.4 Å². The Morgan fingerprint density at radius 2 is 1.74 bits per heavy atom. The predicted octanol–water partition coefficient (Wildman–Crippen LogP) is 4.53. The third-order valence-corrected chi connectivity index (χ3v) is 9.11. The second kappa shape index (κ2) is 10.7. The van der Waals surface area contributed by atoms with E-state index in [0.29, 0.717) is 25.9 Å². The molecule has 1 saturated heterocycles. The molecule has 9 heteroatoms. The number of hydrogen-bond donors (Lipinski definition) is 2. The van der Waals surface area contributed by atoms with E-state index in [1.54, 1.807) is 35.2 Å². The third kappa shape index (κ3) is 6.03. The molecule has 2 amide bonds. The van der Waals surface area contributed by atoms with Crippen molar-refractivity contribution >= 4 is 27.3 Å². The number of benzene rings is 2. The van der Waals surface area contributed by atoms with Crippen molar-refractivity contribution in [2.45, 2.75) is 75.8 Å². The number of halogens is 1. The molecule has 38 heavy (non-hydrogen) atoms. The molecule has 1 fully saturated rings. The zero-order valence-corrected chi connectivity index (χ0v) is 23.6. The van der Waals surface area contributed by atoms with Crippen LogP contribution in [0.3, 0.4) is 0 Å². The second-order valence-electron chi connectivity index (χ2n) is 11.5. The lowest BCUT2D eigenvalue weighted by Gasteiger charge is -2.42. The van der Waals surface area contributed by atoms with Gasteiger partial charge >= 0.3 is 0 Å². The Morgan fingerprint density at radius 1 is 1.11 bits per heavy atom. The van der Waals surface area contributed by atoms with Crippen molar-refractivity contribution in [1.82, 2.24) is 10.2 Å². The van der Waals surface area contributed by atoms with E-state index in [-0.39, 0.29) is 33.7 Å². The first-order chi connectivity index (χ1) is 17.8. The van der Waals surface area contributed by atoms with Crippen LogP contribution in [-0.2, 0) is 21.1 Å². The van der Waals surface area contributed by atoms with Gasteiger partial charge in [-0.1, -0.05) is 20.8 Å². The number of nitrogens with zero attached hydrogens (tertiary/aromatic N) is 1. The number of nitrogens with one attached hydrogen (secondary N) is 2. The summed E-state index contributed by atoms with van der Waals surface area (Å²) in [4.78, 5) is 28.6. The van der Waals surface area contributed by atoms with Crippen LogP contribution in [0.4, 0.5) is 10.1 Å². The number of anilines is 1. The average molecular weight is 544 g/mol. The summed E-state index contributed by atoms with van der Waals surface area (Å²) in [6, 6.07) is 9.03. The summed E-state index contributed by atoms with van der Waals surface area (Å²) in [5, 5.41) is 6.31. The van der Waals surface area contributed by atoms with Gasteiger partial charge in [-0.05, 0) is 92.0 Å². The Balaban J connectivity index is 1.40. The molecular formula is C29H38FN3O4S. The molecule has 1 heterocycles. The smallest absolute Gasteiger partial charge is 0.254 e. The summed E-state index contributed by atoms with van der Waals surface area (Å²) < 4.78 is 38.2. The first-order valence-electron chi connectivity index (χ1n) is 13.3. The topological polar surface area (TPSA) is 95.6 Å². The van der Waals surface area contributed by atoms with Crippen molar-refractivity contribution in [3.63, 3.8) is 0 Å². The number of piperidine rings is 1. The van der Waals surface area contributed by atoms with Gasteiger partial charge in [-0.25, -0.2) is 12.8 Å². The van der Waals surface area contributed by atoms with Crippen molar-refractivity contribution in [3.05, 3.63) is 58.9 Å². The standard InChI is InChI=1S/C29H38FN3O4S/c1-18(2)26(31-27(34)24-17-23-19(3)6-7-20(23)16-25(24)30)28(35)33-14-12-29(4,13-15-33)32-21-8-10-22(11-9-21)38(5,36)37/h8-11,16-19,26,32H,6-7,12-15H2,1-5H3,(H,31,34)/t19-,26-/m1/s1. The molecule has 0 aromatic heterocycles. The maximum absolute atomic E-state index is 14.8. The summed E-state index contributed by atoms with van der Waals surface area (Å²) in [6.45, 7) is 8.93. The van der Waals surface area contributed by atoms with Crippen LogP contribution in [0.5, 0.6) is 0 Å². The van der Waals surface area contributed by atoms with Gasteiger partial charge in [0.05, 0.1) is 10.5 Å². The first kappa shape index (κ1) is 28.1. The lowest BCUT2D eigenvalue weighted by molar-refractivity contribution is -0.135. The van der Waals surface area contributed by atoms with Crippen LogP contribution >= 0.6 is 0 Å². The molecule has 4 rings (SSSR count). The molecule has 0 saturated carbocycles. The van der Waals surface area contributed by atoms with Gasteiger partial charge in [-0.15, -0.1) is 0 Å². The van der Waals surface area contributed by atoms with Crippen molar-refractivity contribution in [2.75, 3.05) is 24.7 Å². The predicted molar refractivity (Wildman–Crippen MR) is 147 cm³/mol. The number of amides is 2. The quantitative estimate of drug-likeness (QED) is 0.535. The number of likely N-dealkylation sites (tertiary alicyclic amines) is 1. The minimum absolute atomic E-state index is 0.00624. The van der Waals surface area contributed by atoms with E-state index in [0.717, 1.165) is 29.7 Å². The van der Waals surface area contributed by atoms with Crippen LogP contribution in [0.1, 0.15) is 74.4 Å². The molecule has 0 bridgehead atoms. The normalized spacial score (nSPS) is 19.7. The van der Waals surface area contributed by atoms with Gasteiger partial charge in [0.25, 0.3) is 5.91 Å². The van der Waals surface area contributed by atoms with Crippen LogP contribution in [0.2, 0.25) is 0 Å². The summed E-state index contributed by atoms with van der Waals surface area (Å²) in [5.41, 5.74) is 2.51. The minimum atomic E-state index is -3.26. The number of rotatable bonds is 7. The molecule has 206 valence electrons. The number of carbonyl (C=O) groups is 2. The lowest BCUT2D eigenvalue weighted by atomic mass is 9.88. The van der Waals surface area contributed by atoms with Crippen LogP contribution in [0.15, 0.2) is 41.3 Å². The maximum Gasteiger partial charge on any atom is 0.254 e. The molecular weight excluding hydrogens is 505 g/mol. The highest BCUT2D eigenvalue weighted by molar-refractivity contribution is 7.90. The van der Waals surface area contributed by atoms with Crippen LogP contribution in [0.25, 0.3) is 0 Å². The Morgan fingerprint density at radius 3 is 2.32 bits per heavy atom. The number of sulfone groups is 1.